The van der Waals surface area contributed by atoms with Crippen LogP contribution in [0.15, 0.2) is 29.2 Å². The van der Waals surface area contributed by atoms with E-state index in [0.29, 0.717) is 6.04 Å². The van der Waals surface area contributed by atoms with Gasteiger partial charge in [0.25, 0.3) is 0 Å². The molecular formula is C13H15FN2S. The molecule has 0 radical (unpaired) electrons. The van der Waals surface area contributed by atoms with Gasteiger partial charge >= 0.3 is 0 Å². The highest BCUT2D eigenvalue weighted by Gasteiger charge is 2.24. The largest absolute Gasteiger partial charge is 0.299 e. The molecule has 1 aromatic carbocycles. The maximum absolute atomic E-state index is 12.7. The lowest BCUT2D eigenvalue weighted by Gasteiger charge is -2.09. The first kappa shape index (κ1) is 12.4. The molecule has 90 valence electrons. The molecule has 1 fully saturated rings. The van der Waals surface area contributed by atoms with E-state index in [1.807, 2.05) is 0 Å². The Hall–Kier alpha value is -1.05. The lowest BCUT2D eigenvalue weighted by Crippen LogP contribution is -2.29. The van der Waals surface area contributed by atoms with E-state index in [2.05, 4.69) is 11.4 Å². The maximum atomic E-state index is 12.7. The van der Waals surface area contributed by atoms with Crippen molar-refractivity contribution in [2.45, 2.75) is 36.2 Å². The zero-order valence-corrected chi connectivity index (χ0v) is 10.3. The summed E-state index contributed by atoms with van der Waals surface area (Å²) in [7, 11) is 0. The number of nitriles is 1. The van der Waals surface area contributed by atoms with Crippen molar-refractivity contribution in [1.82, 2.24) is 5.32 Å². The summed E-state index contributed by atoms with van der Waals surface area (Å²) >= 11 is 1.66. The van der Waals surface area contributed by atoms with Crippen LogP contribution < -0.4 is 5.32 Å². The highest BCUT2D eigenvalue weighted by molar-refractivity contribution is 7.99. The zero-order valence-electron chi connectivity index (χ0n) is 9.53. The molecule has 1 aromatic rings. The predicted molar refractivity (Wildman–Crippen MR) is 67.3 cm³/mol. The van der Waals surface area contributed by atoms with Crippen LogP contribution in [0.2, 0.25) is 0 Å². The van der Waals surface area contributed by atoms with E-state index in [1.54, 1.807) is 23.9 Å². The van der Waals surface area contributed by atoms with Gasteiger partial charge in [0, 0.05) is 16.7 Å². The molecule has 17 heavy (non-hydrogen) atoms. The standard InChI is InChI=1S/C13H15FN2S/c14-10-1-5-13(6-2-10)17-8-7-12(9-15)16-11-3-4-11/h1-2,5-6,11-12,16H,3-4,7-8H2. The van der Waals surface area contributed by atoms with Gasteiger partial charge in [0.05, 0.1) is 12.1 Å². The van der Waals surface area contributed by atoms with E-state index < -0.39 is 0 Å². The second-order valence-electron chi connectivity index (χ2n) is 4.21. The average molecular weight is 250 g/mol. The lowest BCUT2D eigenvalue weighted by atomic mass is 10.2. The number of rotatable bonds is 6. The molecule has 1 saturated carbocycles. The van der Waals surface area contributed by atoms with Gasteiger partial charge in [-0.1, -0.05) is 0 Å². The fourth-order valence-corrected chi connectivity index (χ4v) is 2.46. The molecule has 0 aliphatic heterocycles. The van der Waals surface area contributed by atoms with Crippen molar-refractivity contribution in [2.24, 2.45) is 0 Å². The van der Waals surface area contributed by atoms with Crippen molar-refractivity contribution in [3.05, 3.63) is 30.1 Å². The number of nitrogens with one attached hydrogen (secondary N) is 1. The normalized spacial score (nSPS) is 16.5. The molecule has 0 heterocycles. The van der Waals surface area contributed by atoms with Crippen molar-refractivity contribution in [2.75, 3.05) is 5.75 Å². The SMILES string of the molecule is N#CC(CCSc1ccc(F)cc1)NC1CC1. The first-order chi connectivity index (χ1) is 8.28. The number of nitrogens with zero attached hydrogens (tertiary/aromatic N) is 1. The predicted octanol–water partition coefficient (Wildman–Crippen LogP) is 2.95. The third-order valence-corrected chi connectivity index (χ3v) is 3.70. The van der Waals surface area contributed by atoms with E-state index in [-0.39, 0.29) is 11.9 Å². The van der Waals surface area contributed by atoms with Gasteiger partial charge in [0.2, 0.25) is 0 Å². The lowest BCUT2D eigenvalue weighted by molar-refractivity contribution is 0.587. The molecule has 0 saturated heterocycles. The van der Waals surface area contributed by atoms with Crippen molar-refractivity contribution in [3.8, 4) is 6.07 Å². The summed E-state index contributed by atoms with van der Waals surface area (Å²) in [4.78, 5) is 1.05. The van der Waals surface area contributed by atoms with Gasteiger partial charge < -0.3 is 0 Å². The van der Waals surface area contributed by atoms with Gasteiger partial charge in [-0.25, -0.2) is 4.39 Å². The minimum atomic E-state index is -0.209. The molecule has 1 unspecified atom stereocenters. The van der Waals surface area contributed by atoms with Crippen LogP contribution in [0, 0.1) is 17.1 Å². The average Bonchev–Trinajstić information content (AvgIpc) is 3.14. The van der Waals surface area contributed by atoms with Crippen molar-refractivity contribution in [1.29, 1.82) is 5.26 Å². The number of benzene rings is 1. The Balaban J connectivity index is 1.70. The highest BCUT2D eigenvalue weighted by atomic mass is 32.2. The zero-order chi connectivity index (χ0) is 12.1. The third-order valence-electron chi connectivity index (χ3n) is 2.66. The minimum Gasteiger partial charge on any atom is -0.299 e. The smallest absolute Gasteiger partial charge is 0.123 e. The van der Waals surface area contributed by atoms with Crippen LogP contribution in [0.25, 0.3) is 0 Å². The second kappa shape index (κ2) is 6.04. The molecule has 1 aliphatic carbocycles. The summed E-state index contributed by atoms with van der Waals surface area (Å²) in [5.74, 6) is 0.670. The van der Waals surface area contributed by atoms with Gasteiger partial charge in [-0.3, -0.25) is 5.32 Å². The van der Waals surface area contributed by atoms with E-state index in [0.717, 1.165) is 17.1 Å². The van der Waals surface area contributed by atoms with Crippen LogP contribution in [0.4, 0.5) is 4.39 Å². The Kier molecular flexibility index (Phi) is 4.41. The van der Waals surface area contributed by atoms with Gasteiger partial charge in [0.1, 0.15) is 5.82 Å². The van der Waals surface area contributed by atoms with Gasteiger partial charge in [-0.05, 0) is 43.5 Å². The van der Waals surface area contributed by atoms with Crippen LogP contribution in [-0.2, 0) is 0 Å². The third kappa shape index (κ3) is 4.37. The van der Waals surface area contributed by atoms with Crippen LogP contribution in [-0.4, -0.2) is 17.8 Å². The maximum Gasteiger partial charge on any atom is 0.123 e. The monoisotopic (exact) mass is 250 g/mol. The summed E-state index contributed by atoms with van der Waals surface area (Å²) < 4.78 is 12.7. The Labute approximate surface area is 105 Å². The molecule has 0 amide bonds. The summed E-state index contributed by atoms with van der Waals surface area (Å²) in [6, 6.07) is 9.28. The summed E-state index contributed by atoms with van der Waals surface area (Å²) in [6.45, 7) is 0. The van der Waals surface area contributed by atoms with Gasteiger partial charge in [-0.15, -0.1) is 11.8 Å². The molecule has 1 atom stereocenters. The Morgan fingerprint density at radius 2 is 2.12 bits per heavy atom. The van der Waals surface area contributed by atoms with Gasteiger partial charge in [0.15, 0.2) is 0 Å². The Morgan fingerprint density at radius 3 is 2.71 bits per heavy atom. The summed E-state index contributed by atoms with van der Waals surface area (Å²) in [6.07, 6.45) is 3.22. The van der Waals surface area contributed by atoms with Crippen LogP contribution in [0.3, 0.4) is 0 Å². The van der Waals surface area contributed by atoms with E-state index >= 15 is 0 Å². The summed E-state index contributed by atoms with van der Waals surface area (Å²) in [5.41, 5.74) is 0. The molecule has 1 N–H and O–H groups in total. The fraction of sp³-hybridized carbons (Fsp3) is 0.462. The molecule has 4 heteroatoms. The highest BCUT2D eigenvalue weighted by Crippen LogP contribution is 2.22. The van der Waals surface area contributed by atoms with E-state index in [1.165, 1.54) is 25.0 Å². The van der Waals surface area contributed by atoms with Crippen LogP contribution >= 0.6 is 11.8 Å². The summed E-state index contributed by atoms with van der Waals surface area (Å²) in [5, 5.41) is 12.3. The van der Waals surface area contributed by atoms with Crippen molar-refractivity contribution in [3.63, 3.8) is 0 Å². The molecule has 2 rings (SSSR count). The van der Waals surface area contributed by atoms with E-state index in [9.17, 15) is 4.39 Å². The number of halogens is 1. The van der Waals surface area contributed by atoms with Gasteiger partial charge in [-0.2, -0.15) is 5.26 Å². The second-order valence-corrected chi connectivity index (χ2v) is 5.38. The van der Waals surface area contributed by atoms with Crippen LogP contribution in [0.5, 0.6) is 0 Å². The van der Waals surface area contributed by atoms with E-state index in [4.69, 9.17) is 5.26 Å². The number of hydrogen-bond donors (Lipinski definition) is 1. The molecule has 1 aliphatic rings. The minimum absolute atomic E-state index is 0.0459. The first-order valence-electron chi connectivity index (χ1n) is 5.82. The molecular weight excluding hydrogens is 235 g/mol. The fourth-order valence-electron chi connectivity index (χ4n) is 1.55. The quantitative estimate of drug-likeness (QED) is 0.788. The van der Waals surface area contributed by atoms with Crippen molar-refractivity contribution >= 4 is 11.8 Å². The molecule has 0 bridgehead atoms. The van der Waals surface area contributed by atoms with Crippen molar-refractivity contribution < 1.29 is 4.39 Å². The molecule has 0 aromatic heterocycles. The number of thioether (sulfide) groups is 1. The Bertz CT molecular complexity index is 395. The topological polar surface area (TPSA) is 35.8 Å². The molecule has 2 nitrogen and oxygen atoms in total. The van der Waals surface area contributed by atoms with Crippen LogP contribution in [0.1, 0.15) is 19.3 Å². The number of hydrogen-bond acceptors (Lipinski definition) is 3. The Morgan fingerprint density at radius 1 is 1.41 bits per heavy atom. The first-order valence-corrected chi connectivity index (χ1v) is 6.80. The molecule has 0 spiro atoms.